The molecule has 0 spiro atoms. The number of nitrogens with zero attached hydrogens (tertiary/aromatic N) is 1. The van der Waals surface area contributed by atoms with E-state index in [-0.39, 0.29) is 0 Å². The van der Waals surface area contributed by atoms with Crippen molar-refractivity contribution in [3.63, 3.8) is 0 Å². The van der Waals surface area contributed by atoms with Crippen LogP contribution in [0, 0.1) is 0 Å². The molecule has 0 unspecified atom stereocenters. The molecule has 1 nitrogen and oxygen atoms in total. The predicted molar refractivity (Wildman–Crippen MR) is 94.3 cm³/mol. The first kappa shape index (κ1) is 14.4. The molecular formula is C21H20N. The van der Waals surface area contributed by atoms with Crippen molar-refractivity contribution in [2.75, 3.05) is 6.54 Å². The van der Waals surface area contributed by atoms with Gasteiger partial charge >= 0.3 is 0 Å². The van der Waals surface area contributed by atoms with Gasteiger partial charge in [-0.05, 0) is 29.2 Å². The highest BCUT2D eigenvalue weighted by atomic mass is 14.9. The largest absolute Gasteiger partial charge is 0.285 e. The summed E-state index contributed by atoms with van der Waals surface area (Å²) in [7, 11) is 0. The molecule has 0 N–H and O–H groups in total. The number of benzene rings is 3. The summed E-state index contributed by atoms with van der Waals surface area (Å²) < 4.78 is 0. The Balaban J connectivity index is 2.17. The summed E-state index contributed by atoms with van der Waals surface area (Å²) in [5.41, 5.74) is 5.99. The standard InChI is InChI=1S/C21H20N/c1-2-16-22-20-15-9-14-19(17-10-5-3-6-11-17)21(20)18-12-7-4-8-13-18/h3-15H,2,16H2,1H3. The van der Waals surface area contributed by atoms with Crippen molar-refractivity contribution < 1.29 is 0 Å². The van der Waals surface area contributed by atoms with Crippen molar-refractivity contribution >= 4 is 5.69 Å². The predicted octanol–water partition coefficient (Wildman–Crippen LogP) is 5.67. The summed E-state index contributed by atoms with van der Waals surface area (Å²) in [5, 5.41) is 4.79. The lowest BCUT2D eigenvalue weighted by Gasteiger charge is -2.15. The molecule has 22 heavy (non-hydrogen) atoms. The molecule has 0 saturated carbocycles. The van der Waals surface area contributed by atoms with Crippen LogP contribution in [0.15, 0.2) is 78.9 Å². The highest BCUT2D eigenvalue weighted by Crippen LogP contribution is 2.37. The van der Waals surface area contributed by atoms with Gasteiger partial charge in [0.15, 0.2) is 0 Å². The van der Waals surface area contributed by atoms with E-state index in [9.17, 15) is 0 Å². The van der Waals surface area contributed by atoms with Crippen molar-refractivity contribution in [3.8, 4) is 22.3 Å². The van der Waals surface area contributed by atoms with E-state index in [0.717, 1.165) is 18.7 Å². The zero-order valence-electron chi connectivity index (χ0n) is 12.9. The summed E-state index contributed by atoms with van der Waals surface area (Å²) in [6, 6.07) is 27.5. The minimum atomic E-state index is 0.859. The van der Waals surface area contributed by atoms with Crippen LogP contribution in [0.3, 0.4) is 0 Å². The number of rotatable bonds is 5. The van der Waals surface area contributed by atoms with Crippen molar-refractivity contribution in [2.45, 2.75) is 13.3 Å². The van der Waals surface area contributed by atoms with E-state index in [4.69, 9.17) is 5.32 Å². The van der Waals surface area contributed by atoms with Gasteiger partial charge in [-0.1, -0.05) is 79.7 Å². The van der Waals surface area contributed by atoms with Gasteiger partial charge in [0.1, 0.15) is 0 Å². The second kappa shape index (κ2) is 6.95. The quantitative estimate of drug-likeness (QED) is 0.574. The molecule has 0 saturated heterocycles. The van der Waals surface area contributed by atoms with Crippen LogP contribution < -0.4 is 5.32 Å². The first-order valence-electron chi connectivity index (χ1n) is 7.81. The zero-order valence-corrected chi connectivity index (χ0v) is 12.9. The van der Waals surface area contributed by atoms with E-state index in [2.05, 4.69) is 85.8 Å². The smallest absolute Gasteiger partial charge is 0.0658 e. The van der Waals surface area contributed by atoms with Crippen LogP contribution >= 0.6 is 0 Å². The zero-order chi connectivity index (χ0) is 15.2. The van der Waals surface area contributed by atoms with Crippen LogP contribution in [0.2, 0.25) is 0 Å². The molecule has 109 valence electrons. The Morgan fingerprint density at radius 3 is 1.95 bits per heavy atom. The van der Waals surface area contributed by atoms with E-state index >= 15 is 0 Å². The van der Waals surface area contributed by atoms with Gasteiger partial charge in [-0.3, -0.25) is 5.32 Å². The molecule has 0 aromatic heterocycles. The van der Waals surface area contributed by atoms with Crippen LogP contribution in [-0.4, -0.2) is 6.54 Å². The van der Waals surface area contributed by atoms with Gasteiger partial charge in [0.25, 0.3) is 0 Å². The van der Waals surface area contributed by atoms with E-state index in [1.807, 2.05) is 0 Å². The Morgan fingerprint density at radius 2 is 1.32 bits per heavy atom. The minimum absolute atomic E-state index is 0.859. The van der Waals surface area contributed by atoms with Crippen molar-refractivity contribution in [3.05, 3.63) is 78.9 Å². The van der Waals surface area contributed by atoms with E-state index in [1.54, 1.807) is 0 Å². The number of hydrogen-bond acceptors (Lipinski definition) is 0. The first-order chi connectivity index (χ1) is 10.9. The minimum Gasteiger partial charge on any atom is -0.285 e. The molecule has 1 heteroatoms. The summed E-state index contributed by atoms with van der Waals surface area (Å²) >= 11 is 0. The number of hydrogen-bond donors (Lipinski definition) is 0. The fraction of sp³-hybridized carbons (Fsp3) is 0.143. The summed E-state index contributed by atoms with van der Waals surface area (Å²) in [6.45, 7) is 3.02. The maximum absolute atomic E-state index is 4.79. The molecule has 0 aliphatic heterocycles. The Morgan fingerprint density at radius 1 is 0.682 bits per heavy atom. The SMILES string of the molecule is CCC[N]c1cccc(-c2ccccc2)c1-c1ccccc1. The van der Waals surface area contributed by atoms with Gasteiger partial charge in [0.05, 0.1) is 5.69 Å². The summed E-state index contributed by atoms with van der Waals surface area (Å²) in [5.74, 6) is 0. The maximum atomic E-state index is 4.79. The average molecular weight is 286 g/mol. The van der Waals surface area contributed by atoms with Gasteiger partial charge in [-0.2, -0.15) is 0 Å². The van der Waals surface area contributed by atoms with Crippen molar-refractivity contribution in [1.29, 1.82) is 0 Å². The van der Waals surface area contributed by atoms with E-state index in [0.29, 0.717) is 0 Å². The second-order valence-corrected chi connectivity index (χ2v) is 5.31. The topological polar surface area (TPSA) is 14.1 Å². The molecule has 3 aromatic carbocycles. The van der Waals surface area contributed by atoms with Crippen LogP contribution in [0.5, 0.6) is 0 Å². The average Bonchev–Trinajstić information content (AvgIpc) is 2.61. The first-order valence-corrected chi connectivity index (χ1v) is 7.81. The third kappa shape index (κ3) is 3.04. The molecule has 0 bridgehead atoms. The van der Waals surface area contributed by atoms with Gasteiger partial charge in [0.2, 0.25) is 0 Å². The normalized spacial score (nSPS) is 10.4. The van der Waals surface area contributed by atoms with Crippen molar-refractivity contribution in [2.24, 2.45) is 0 Å². The molecule has 1 radical (unpaired) electrons. The Bertz CT molecular complexity index is 717. The van der Waals surface area contributed by atoms with E-state index < -0.39 is 0 Å². The summed E-state index contributed by atoms with van der Waals surface area (Å²) in [6.07, 6.45) is 1.06. The Hall–Kier alpha value is -2.54. The third-order valence-electron chi connectivity index (χ3n) is 3.70. The highest BCUT2D eigenvalue weighted by Gasteiger charge is 2.12. The molecule has 3 aromatic rings. The molecular weight excluding hydrogens is 266 g/mol. The molecule has 0 amide bonds. The highest BCUT2D eigenvalue weighted by molar-refractivity contribution is 5.90. The fourth-order valence-corrected chi connectivity index (χ4v) is 2.67. The summed E-state index contributed by atoms with van der Waals surface area (Å²) in [4.78, 5) is 0. The maximum Gasteiger partial charge on any atom is 0.0658 e. The Kier molecular flexibility index (Phi) is 4.55. The van der Waals surface area contributed by atoms with Crippen LogP contribution in [-0.2, 0) is 0 Å². The monoisotopic (exact) mass is 286 g/mol. The van der Waals surface area contributed by atoms with Gasteiger partial charge < -0.3 is 0 Å². The molecule has 0 fully saturated rings. The van der Waals surface area contributed by atoms with Gasteiger partial charge in [-0.15, -0.1) is 0 Å². The lowest BCUT2D eigenvalue weighted by molar-refractivity contribution is 0.806. The van der Waals surface area contributed by atoms with Crippen LogP contribution in [0.1, 0.15) is 13.3 Å². The van der Waals surface area contributed by atoms with Gasteiger partial charge in [0, 0.05) is 12.1 Å². The van der Waals surface area contributed by atoms with Gasteiger partial charge in [-0.25, -0.2) is 0 Å². The van der Waals surface area contributed by atoms with E-state index in [1.165, 1.54) is 22.3 Å². The van der Waals surface area contributed by atoms with Crippen molar-refractivity contribution in [1.82, 2.24) is 5.32 Å². The third-order valence-corrected chi connectivity index (χ3v) is 3.70. The fourth-order valence-electron chi connectivity index (χ4n) is 2.67. The molecule has 3 rings (SSSR count). The Labute approximate surface area is 132 Å². The molecule has 0 heterocycles. The lowest BCUT2D eigenvalue weighted by Crippen LogP contribution is -2.01. The molecule has 0 aliphatic carbocycles. The lowest BCUT2D eigenvalue weighted by atomic mass is 9.93. The molecule has 0 aliphatic rings. The molecule has 0 atom stereocenters. The second-order valence-electron chi connectivity index (χ2n) is 5.31. The van der Waals surface area contributed by atoms with Crippen LogP contribution in [0.4, 0.5) is 5.69 Å². The van der Waals surface area contributed by atoms with Crippen LogP contribution in [0.25, 0.3) is 22.3 Å².